The van der Waals surface area contributed by atoms with Crippen LogP contribution in [0.25, 0.3) is 0 Å². The van der Waals surface area contributed by atoms with Gasteiger partial charge in [0.1, 0.15) is 12.3 Å². The first-order valence-electron chi connectivity index (χ1n) is 12.2. The van der Waals surface area contributed by atoms with E-state index in [1.54, 1.807) is 16.1 Å². The molecule has 2 aliphatic rings. The van der Waals surface area contributed by atoms with Gasteiger partial charge < -0.3 is 23.7 Å². The molecule has 1 saturated carbocycles. The third-order valence-electron chi connectivity index (χ3n) is 6.19. The molecule has 0 N–H and O–H groups in total. The van der Waals surface area contributed by atoms with Crippen molar-refractivity contribution in [1.29, 1.82) is 0 Å². The SMILES string of the molecule is CC(CC(=O)N(CC(=O)N(Cc1ccc2c(c1)OCO2)Cc1ccco1)C1CC1)CC(C)(C)C. The molecule has 2 aromatic rings. The lowest BCUT2D eigenvalue weighted by Crippen LogP contribution is -2.44. The quantitative estimate of drug-likeness (QED) is 0.491. The average molecular weight is 469 g/mol. The molecule has 1 fully saturated rings. The van der Waals surface area contributed by atoms with Crippen LogP contribution in [0.15, 0.2) is 41.0 Å². The molecular formula is C27H36N2O5. The Balaban J connectivity index is 1.45. The van der Waals surface area contributed by atoms with Crippen LogP contribution < -0.4 is 9.47 Å². The molecule has 7 heteroatoms. The predicted octanol–water partition coefficient (Wildman–Crippen LogP) is 4.99. The van der Waals surface area contributed by atoms with Crippen molar-refractivity contribution in [3.8, 4) is 11.5 Å². The zero-order valence-corrected chi connectivity index (χ0v) is 20.7. The lowest BCUT2D eigenvalue weighted by Gasteiger charge is -2.29. The van der Waals surface area contributed by atoms with E-state index in [2.05, 4.69) is 27.7 Å². The minimum Gasteiger partial charge on any atom is -0.467 e. The Morgan fingerprint density at radius 3 is 2.50 bits per heavy atom. The normalized spacial score (nSPS) is 15.8. The molecule has 7 nitrogen and oxygen atoms in total. The third kappa shape index (κ3) is 6.55. The van der Waals surface area contributed by atoms with Crippen LogP contribution in [0, 0.1) is 11.3 Å². The van der Waals surface area contributed by atoms with Crippen LogP contribution in [0.1, 0.15) is 64.7 Å². The van der Waals surface area contributed by atoms with Gasteiger partial charge in [-0.15, -0.1) is 0 Å². The van der Waals surface area contributed by atoms with Crippen molar-refractivity contribution in [3.63, 3.8) is 0 Å². The van der Waals surface area contributed by atoms with Crippen molar-refractivity contribution >= 4 is 11.8 Å². The van der Waals surface area contributed by atoms with E-state index < -0.39 is 0 Å². The molecule has 1 aliphatic carbocycles. The van der Waals surface area contributed by atoms with E-state index in [1.165, 1.54) is 0 Å². The van der Waals surface area contributed by atoms with E-state index >= 15 is 0 Å². The first-order valence-corrected chi connectivity index (χ1v) is 12.2. The molecule has 0 radical (unpaired) electrons. The lowest BCUT2D eigenvalue weighted by atomic mass is 9.84. The van der Waals surface area contributed by atoms with Crippen molar-refractivity contribution in [1.82, 2.24) is 9.80 Å². The first kappa shape index (κ1) is 24.2. The fourth-order valence-electron chi connectivity index (χ4n) is 4.67. The maximum atomic E-state index is 13.5. The summed E-state index contributed by atoms with van der Waals surface area (Å²) in [4.78, 5) is 30.2. The van der Waals surface area contributed by atoms with Gasteiger partial charge in [-0.25, -0.2) is 0 Å². The number of carbonyl (C=O) groups is 2. The number of furan rings is 1. The van der Waals surface area contributed by atoms with Crippen LogP contribution in [0.3, 0.4) is 0 Å². The van der Waals surface area contributed by atoms with Gasteiger partial charge in [0.15, 0.2) is 11.5 Å². The molecule has 0 bridgehead atoms. The summed E-state index contributed by atoms with van der Waals surface area (Å²) in [5.74, 6) is 2.37. The number of hydrogen-bond donors (Lipinski definition) is 0. The summed E-state index contributed by atoms with van der Waals surface area (Å²) in [6.07, 6.45) is 4.98. The summed E-state index contributed by atoms with van der Waals surface area (Å²) in [7, 11) is 0. The molecule has 184 valence electrons. The van der Waals surface area contributed by atoms with Crippen LogP contribution >= 0.6 is 0 Å². The summed E-state index contributed by atoms with van der Waals surface area (Å²) in [5.41, 5.74) is 1.11. The highest BCUT2D eigenvalue weighted by Crippen LogP contribution is 2.33. The fraction of sp³-hybridized carbons (Fsp3) is 0.556. The Bertz CT molecular complexity index is 991. The molecule has 34 heavy (non-hydrogen) atoms. The van der Waals surface area contributed by atoms with E-state index in [0.717, 1.165) is 24.8 Å². The van der Waals surface area contributed by atoms with Crippen molar-refractivity contribution < 1.29 is 23.5 Å². The minimum absolute atomic E-state index is 0.0774. The zero-order valence-electron chi connectivity index (χ0n) is 20.7. The summed E-state index contributed by atoms with van der Waals surface area (Å²) in [6, 6.07) is 9.56. The Hall–Kier alpha value is -2.96. The van der Waals surface area contributed by atoms with Gasteiger partial charge in [-0.1, -0.05) is 33.8 Å². The number of amides is 2. The summed E-state index contributed by atoms with van der Waals surface area (Å²) in [5, 5.41) is 0. The zero-order chi connectivity index (χ0) is 24.3. The van der Waals surface area contributed by atoms with E-state index in [1.807, 2.05) is 30.3 Å². The number of benzene rings is 1. The highest BCUT2D eigenvalue weighted by atomic mass is 16.7. The van der Waals surface area contributed by atoms with Crippen LogP contribution in [-0.2, 0) is 22.7 Å². The van der Waals surface area contributed by atoms with E-state index in [9.17, 15) is 9.59 Å². The Morgan fingerprint density at radius 2 is 1.82 bits per heavy atom. The maximum Gasteiger partial charge on any atom is 0.242 e. The largest absolute Gasteiger partial charge is 0.467 e. The second-order valence-corrected chi connectivity index (χ2v) is 10.8. The van der Waals surface area contributed by atoms with Gasteiger partial charge in [-0.05, 0) is 60.4 Å². The number of carbonyl (C=O) groups excluding carboxylic acids is 2. The van der Waals surface area contributed by atoms with Crippen LogP contribution in [0.2, 0.25) is 0 Å². The average Bonchev–Trinajstić information content (AvgIpc) is 3.25. The second kappa shape index (κ2) is 10.1. The second-order valence-electron chi connectivity index (χ2n) is 10.8. The maximum absolute atomic E-state index is 13.5. The molecule has 1 aromatic carbocycles. The van der Waals surface area contributed by atoms with Gasteiger partial charge in [-0.3, -0.25) is 9.59 Å². The van der Waals surface area contributed by atoms with Gasteiger partial charge in [-0.2, -0.15) is 0 Å². The monoisotopic (exact) mass is 468 g/mol. The van der Waals surface area contributed by atoms with Crippen LogP contribution in [-0.4, -0.2) is 41.0 Å². The van der Waals surface area contributed by atoms with Crippen molar-refractivity contribution in [2.45, 2.75) is 72.5 Å². The number of nitrogens with zero attached hydrogens (tertiary/aromatic N) is 2. The smallest absolute Gasteiger partial charge is 0.242 e. The van der Waals surface area contributed by atoms with E-state index in [4.69, 9.17) is 13.9 Å². The third-order valence-corrected chi connectivity index (χ3v) is 6.19. The van der Waals surface area contributed by atoms with Crippen LogP contribution in [0.5, 0.6) is 11.5 Å². The standard InChI is InChI=1S/C27H36N2O5/c1-19(14-27(2,3)4)12-25(30)29(21-8-9-21)17-26(31)28(16-22-6-5-11-32-22)15-20-7-10-23-24(13-20)34-18-33-23/h5-7,10-11,13,19,21H,8-9,12,14-18H2,1-4H3. The summed E-state index contributed by atoms with van der Waals surface area (Å²) < 4.78 is 16.4. The van der Waals surface area contributed by atoms with E-state index in [-0.39, 0.29) is 42.5 Å². The number of fused-ring (bicyclic) bond motifs is 1. The highest BCUT2D eigenvalue weighted by Gasteiger charge is 2.35. The topological polar surface area (TPSA) is 72.2 Å². The molecule has 1 aromatic heterocycles. The summed E-state index contributed by atoms with van der Waals surface area (Å²) >= 11 is 0. The molecule has 2 amide bonds. The highest BCUT2D eigenvalue weighted by molar-refractivity contribution is 5.85. The molecule has 0 spiro atoms. The van der Waals surface area contributed by atoms with E-state index in [0.29, 0.717) is 36.8 Å². The molecule has 4 rings (SSSR count). The predicted molar refractivity (Wildman–Crippen MR) is 128 cm³/mol. The van der Waals surface area contributed by atoms with Gasteiger partial charge >= 0.3 is 0 Å². The lowest BCUT2D eigenvalue weighted by molar-refractivity contribution is -0.142. The van der Waals surface area contributed by atoms with Gasteiger partial charge in [0.05, 0.1) is 12.8 Å². The van der Waals surface area contributed by atoms with Gasteiger partial charge in [0.2, 0.25) is 18.6 Å². The molecule has 1 atom stereocenters. The molecule has 1 aliphatic heterocycles. The molecule has 0 saturated heterocycles. The molecule has 1 unspecified atom stereocenters. The number of rotatable bonds is 10. The number of ether oxygens (including phenoxy) is 2. The minimum atomic E-state index is -0.0854. The van der Waals surface area contributed by atoms with Gasteiger partial charge in [0, 0.05) is 19.0 Å². The van der Waals surface area contributed by atoms with Crippen LogP contribution in [0.4, 0.5) is 0 Å². The van der Waals surface area contributed by atoms with Crippen molar-refractivity contribution in [2.24, 2.45) is 11.3 Å². The van der Waals surface area contributed by atoms with Gasteiger partial charge in [0.25, 0.3) is 0 Å². The summed E-state index contributed by atoms with van der Waals surface area (Å²) in [6.45, 7) is 9.74. The number of hydrogen-bond acceptors (Lipinski definition) is 5. The fourth-order valence-corrected chi connectivity index (χ4v) is 4.67. The van der Waals surface area contributed by atoms with Crippen molar-refractivity contribution in [2.75, 3.05) is 13.3 Å². The Morgan fingerprint density at radius 1 is 1.06 bits per heavy atom. The van der Waals surface area contributed by atoms with Crippen molar-refractivity contribution in [3.05, 3.63) is 47.9 Å². The molecular weight excluding hydrogens is 432 g/mol. The Kier molecular flexibility index (Phi) is 7.19. The first-order chi connectivity index (χ1) is 16.2. The molecule has 2 heterocycles. The Labute approximate surface area is 202 Å².